The maximum absolute atomic E-state index is 3.43. The number of rotatable bonds is 6. The predicted molar refractivity (Wildman–Crippen MR) is 76.4 cm³/mol. The average molecular weight is 240 g/mol. The molecule has 0 aromatic carbocycles. The lowest BCUT2D eigenvalue weighted by atomic mass is 9.70. The van der Waals surface area contributed by atoms with Crippen LogP contribution in [0.15, 0.2) is 0 Å². The molecular formula is C15H32N2. The zero-order chi connectivity index (χ0) is 12.9. The number of hydrogen-bond acceptors (Lipinski definition) is 2. The van der Waals surface area contributed by atoms with Crippen LogP contribution in [0.2, 0.25) is 0 Å². The predicted octanol–water partition coefficient (Wildman–Crippen LogP) is 3.13. The summed E-state index contributed by atoms with van der Waals surface area (Å²) < 4.78 is 0. The van der Waals surface area contributed by atoms with Crippen LogP contribution >= 0.6 is 0 Å². The van der Waals surface area contributed by atoms with Crippen molar-refractivity contribution in [3.05, 3.63) is 0 Å². The number of nitrogens with zero attached hydrogens (tertiary/aromatic N) is 1. The Hall–Kier alpha value is -0.0800. The summed E-state index contributed by atoms with van der Waals surface area (Å²) in [6, 6.07) is 0.674. The van der Waals surface area contributed by atoms with Gasteiger partial charge < -0.3 is 10.2 Å². The largest absolute Gasteiger partial charge is 0.319 e. The van der Waals surface area contributed by atoms with Gasteiger partial charge in [-0.25, -0.2) is 0 Å². The Balaban J connectivity index is 2.64. The molecule has 1 aliphatic rings. The molecule has 0 spiro atoms. The quantitative estimate of drug-likeness (QED) is 0.767. The zero-order valence-corrected chi connectivity index (χ0v) is 12.6. The first-order valence-corrected chi connectivity index (χ1v) is 7.41. The third kappa shape index (κ3) is 4.26. The van der Waals surface area contributed by atoms with Crippen molar-refractivity contribution in [2.45, 2.75) is 59.4 Å². The Bertz CT molecular complexity index is 205. The van der Waals surface area contributed by atoms with Crippen LogP contribution in [0.5, 0.6) is 0 Å². The minimum atomic E-state index is 0.529. The van der Waals surface area contributed by atoms with Crippen molar-refractivity contribution >= 4 is 0 Å². The van der Waals surface area contributed by atoms with E-state index in [4.69, 9.17) is 0 Å². The smallest absolute Gasteiger partial charge is 0.00527 e. The summed E-state index contributed by atoms with van der Waals surface area (Å²) in [6.07, 6.45) is 5.63. The van der Waals surface area contributed by atoms with Gasteiger partial charge in [0.05, 0.1) is 0 Å². The summed E-state index contributed by atoms with van der Waals surface area (Å²) in [5.41, 5.74) is 0.529. The standard InChI is InChI=1S/C15H32N2/c1-6-17(13(2)3)12-15(11-16-5)9-7-14(4)8-10-15/h13-14,16H,6-12H2,1-5H3. The second-order valence-electron chi connectivity index (χ2n) is 6.37. The van der Waals surface area contributed by atoms with Crippen molar-refractivity contribution in [3.63, 3.8) is 0 Å². The lowest BCUT2D eigenvalue weighted by Crippen LogP contribution is -2.47. The molecule has 1 saturated carbocycles. The van der Waals surface area contributed by atoms with Crippen LogP contribution < -0.4 is 5.32 Å². The highest BCUT2D eigenvalue weighted by atomic mass is 15.2. The third-order valence-corrected chi connectivity index (χ3v) is 4.56. The number of nitrogens with one attached hydrogen (secondary N) is 1. The van der Waals surface area contributed by atoms with Crippen molar-refractivity contribution < 1.29 is 0 Å². The molecule has 0 bridgehead atoms. The summed E-state index contributed by atoms with van der Waals surface area (Å²) in [4.78, 5) is 2.63. The highest BCUT2D eigenvalue weighted by Gasteiger charge is 2.35. The first-order valence-electron chi connectivity index (χ1n) is 7.41. The van der Waals surface area contributed by atoms with Gasteiger partial charge in [0, 0.05) is 19.1 Å². The van der Waals surface area contributed by atoms with E-state index >= 15 is 0 Å². The molecule has 1 rings (SSSR count). The highest BCUT2D eigenvalue weighted by Crippen LogP contribution is 2.39. The van der Waals surface area contributed by atoms with Crippen LogP contribution in [0.4, 0.5) is 0 Å². The molecule has 0 aromatic heterocycles. The van der Waals surface area contributed by atoms with Gasteiger partial charge in [0.15, 0.2) is 0 Å². The Morgan fingerprint density at radius 2 is 1.88 bits per heavy atom. The molecule has 0 saturated heterocycles. The van der Waals surface area contributed by atoms with Gasteiger partial charge in [-0.05, 0) is 51.6 Å². The fourth-order valence-corrected chi connectivity index (χ4v) is 3.23. The molecule has 1 aliphatic carbocycles. The molecule has 102 valence electrons. The Morgan fingerprint density at radius 3 is 2.29 bits per heavy atom. The minimum Gasteiger partial charge on any atom is -0.319 e. The molecule has 1 N–H and O–H groups in total. The van der Waals surface area contributed by atoms with E-state index in [9.17, 15) is 0 Å². The van der Waals surface area contributed by atoms with Gasteiger partial charge >= 0.3 is 0 Å². The number of hydrogen-bond donors (Lipinski definition) is 1. The molecule has 0 amide bonds. The Kier molecular flexibility index (Phi) is 5.94. The molecular weight excluding hydrogens is 208 g/mol. The first-order chi connectivity index (χ1) is 8.03. The topological polar surface area (TPSA) is 15.3 Å². The van der Waals surface area contributed by atoms with Gasteiger partial charge in [0.1, 0.15) is 0 Å². The summed E-state index contributed by atoms with van der Waals surface area (Å²) >= 11 is 0. The van der Waals surface area contributed by atoms with Crippen molar-refractivity contribution in [1.29, 1.82) is 0 Å². The normalized spacial score (nSPS) is 30.2. The molecule has 0 aromatic rings. The van der Waals surface area contributed by atoms with E-state index in [0.29, 0.717) is 11.5 Å². The molecule has 0 heterocycles. The van der Waals surface area contributed by atoms with Gasteiger partial charge in [0.25, 0.3) is 0 Å². The van der Waals surface area contributed by atoms with E-state index in [1.165, 1.54) is 45.3 Å². The summed E-state index contributed by atoms with van der Waals surface area (Å²) in [5.74, 6) is 0.939. The van der Waals surface area contributed by atoms with Crippen molar-refractivity contribution in [1.82, 2.24) is 10.2 Å². The van der Waals surface area contributed by atoms with Crippen molar-refractivity contribution in [3.8, 4) is 0 Å². The second-order valence-corrected chi connectivity index (χ2v) is 6.37. The Morgan fingerprint density at radius 1 is 1.29 bits per heavy atom. The van der Waals surface area contributed by atoms with Crippen LogP contribution in [0.25, 0.3) is 0 Å². The van der Waals surface area contributed by atoms with Crippen LogP contribution in [0.1, 0.15) is 53.4 Å². The summed E-state index contributed by atoms with van der Waals surface area (Å²) in [7, 11) is 2.10. The highest BCUT2D eigenvalue weighted by molar-refractivity contribution is 4.89. The van der Waals surface area contributed by atoms with E-state index in [1.807, 2.05) is 0 Å². The first kappa shape index (κ1) is 15.0. The van der Waals surface area contributed by atoms with Gasteiger partial charge in [-0.15, -0.1) is 0 Å². The molecule has 0 aliphatic heterocycles. The zero-order valence-electron chi connectivity index (χ0n) is 12.6. The molecule has 1 fully saturated rings. The van der Waals surface area contributed by atoms with Crippen LogP contribution in [0.3, 0.4) is 0 Å². The van der Waals surface area contributed by atoms with Crippen molar-refractivity contribution in [2.75, 3.05) is 26.7 Å². The maximum atomic E-state index is 3.43. The fraction of sp³-hybridized carbons (Fsp3) is 1.00. The molecule has 0 radical (unpaired) electrons. The van der Waals surface area contributed by atoms with E-state index in [0.717, 1.165) is 5.92 Å². The van der Waals surface area contributed by atoms with E-state index in [1.54, 1.807) is 0 Å². The molecule has 0 atom stereocenters. The monoisotopic (exact) mass is 240 g/mol. The van der Waals surface area contributed by atoms with Crippen LogP contribution in [0, 0.1) is 11.3 Å². The molecule has 2 heteroatoms. The van der Waals surface area contributed by atoms with Gasteiger partial charge in [-0.3, -0.25) is 0 Å². The molecule has 17 heavy (non-hydrogen) atoms. The fourth-order valence-electron chi connectivity index (χ4n) is 3.23. The summed E-state index contributed by atoms with van der Waals surface area (Å²) in [6.45, 7) is 13.0. The average Bonchev–Trinajstić information content (AvgIpc) is 2.30. The SMILES string of the molecule is CCN(CC1(CNC)CCC(C)CC1)C(C)C. The maximum Gasteiger partial charge on any atom is 0.00527 e. The van der Waals surface area contributed by atoms with Crippen LogP contribution in [-0.4, -0.2) is 37.6 Å². The van der Waals surface area contributed by atoms with Gasteiger partial charge in [-0.1, -0.05) is 26.7 Å². The second kappa shape index (κ2) is 6.75. The Labute approximate surface area is 108 Å². The van der Waals surface area contributed by atoms with Gasteiger partial charge in [-0.2, -0.15) is 0 Å². The minimum absolute atomic E-state index is 0.529. The van der Waals surface area contributed by atoms with Crippen molar-refractivity contribution in [2.24, 2.45) is 11.3 Å². The van der Waals surface area contributed by atoms with E-state index < -0.39 is 0 Å². The van der Waals surface area contributed by atoms with Crippen LogP contribution in [-0.2, 0) is 0 Å². The lowest BCUT2D eigenvalue weighted by Gasteiger charge is -2.43. The summed E-state index contributed by atoms with van der Waals surface area (Å²) in [5, 5.41) is 3.43. The van der Waals surface area contributed by atoms with Gasteiger partial charge in [0.2, 0.25) is 0 Å². The molecule has 2 nitrogen and oxygen atoms in total. The molecule has 0 unspecified atom stereocenters. The van der Waals surface area contributed by atoms with E-state index in [-0.39, 0.29) is 0 Å². The lowest BCUT2D eigenvalue weighted by molar-refractivity contribution is 0.0753. The third-order valence-electron chi connectivity index (χ3n) is 4.56. The van der Waals surface area contributed by atoms with E-state index in [2.05, 4.69) is 45.0 Å².